The fourth-order valence-corrected chi connectivity index (χ4v) is 3.22. The molecule has 2 rings (SSSR count). The first-order valence-corrected chi connectivity index (χ1v) is 7.06. The number of hydrogen-bond donors (Lipinski definition) is 2. The van der Waals surface area contributed by atoms with Crippen molar-refractivity contribution in [3.8, 4) is 0 Å². The number of rotatable bonds is 2. The number of piperidine rings is 1. The maximum Gasteiger partial charge on any atom is 0.225 e. The van der Waals surface area contributed by atoms with Crippen molar-refractivity contribution in [2.45, 2.75) is 31.7 Å². The topological polar surface area (TPSA) is 58.2 Å². The molecule has 0 aliphatic carbocycles. The molecule has 16 heavy (non-hydrogen) atoms. The highest BCUT2D eigenvalue weighted by Crippen LogP contribution is 2.18. The molecule has 2 saturated heterocycles. The van der Waals surface area contributed by atoms with E-state index in [0.29, 0.717) is 25.4 Å². The van der Waals surface area contributed by atoms with Gasteiger partial charge in [0.2, 0.25) is 11.8 Å². The van der Waals surface area contributed by atoms with Crippen molar-refractivity contribution in [1.29, 1.82) is 0 Å². The number of nitrogens with one attached hydrogen (secondary N) is 2. The Kier molecular flexibility index (Phi) is 4.09. The molecular weight excluding hydrogens is 224 g/mol. The zero-order valence-electron chi connectivity index (χ0n) is 9.33. The Morgan fingerprint density at radius 1 is 1.31 bits per heavy atom. The minimum Gasteiger partial charge on any atom is -0.355 e. The SMILES string of the molecule is O=C1CCC(C(=O)NC2CCSCC2)CN1. The van der Waals surface area contributed by atoms with Crippen LogP contribution in [0.25, 0.3) is 0 Å². The summed E-state index contributed by atoms with van der Waals surface area (Å²) in [6.07, 6.45) is 3.34. The smallest absolute Gasteiger partial charge is 0.225 e. The van der Waals surface area contributed by atoms with Crippen LogP contribution in [-0.4, -0.2) is 35.9 Å². The van der Waals surface area contributed by atoms with E-state index in [0.717, 1.165) is 24.3 Å². The predicted molar refractivity (Wildman–Crippen MR) is 64.2 cm³/mol. The molecule has 0 spiro atoms. The Morgan fingerprint density at radius 2 is 2.06 bits per heavy atom. The fraction of sp³-hybridized carbons (Fsp3) is 0.818. The summed E-state index contributed by atoms with van der Waals surface area (Å²) < 4.78 is 0. The summed E-state index contributed by atoms with van der Waals surface area (Å²) in [5.74, 6) is 2.46. The first-order valence-electron chi connectivity index (χ1n) is 5.90. The van der Waals surface area contributed by atoms with Gasteiger partial charge in [0, 0.05) is 19.0 Å². The van der Waals surface area contributed by atoms with Crippen molar-refractivity contribution >= 4 is 23.6 Å². The molecule has 0 bridgehead atoms. The summed E-state index contributed by atoms with van der Waals surface area (Å²) in [6, 6.07) is 0.353. The summed E-state index contributed by atoms with van der Waals surface area (Å²) in [6.45, 7) is 0.506. The molecular formula is C11H18N2O2S. The van der Waals surface area contributed by atoms with Gasteiger partial charge in [-0.15, -0.1) is 0 Å². The van der Waals surface area contributed by atoms with Gasteiger partial charge in [-0.1, -0.05) is 0 Å². The summed E-state index contributed by atoms with van der Waals surface area (Å²) in [5.41, 5.74) is 0. The standard InChI is InChI=1S/C11H18N2O2S/c14-10-2-1-8(7-12-10)11(15)13-9-3-5-16-6-4-9/h8-9H,1-7H2,(H,12,14)(H,13,15). The van der Waals surface area contributed by atoms with E-state index >= 15 is 0 Å². The Labute approximate surface area is 99.9 Å². The first-order chi connectivity index (χ1) is 7.75. The minimum absolute atomic E-state index is 0.0210. The third kappa shape index (κ3) is 3.14. The number of amides is 2. The second kappa shape index (κ2) is 5.57. The molecule has 90 valence electrons. The second-order valence-corrected chi connectivity index (χ2v) is 5.66. The second-order valence-electron chi connectivity index (χ2n) is 4.43. The maximum absolute atomic E-state index is 11.9. The van der Waals surface area contributed by atoms with Crippen molar-refractivity contribution in [2.24, 2.45) is 5.92 Å². The van der Waals surface area contributed by atoms with Gasteiger partial charge in [0.25, 0.3) is 0 Å². The van der Waals surface area contributed by atoms with E-state index in [1.165, 1.54) is 0 Å². The van der Waals surface area contributed by atoms with E-state index in [-0.39, 0.29) is 17.7 Å². The lowest BCUT2D eigenvalue weighted by Gasteiger charge is -2.27. The van der Waals surface area contributed by atoms with E-state index < -0.39 is 0 Å². The maximum atomic E-state index is 11.9. The molecule has 2 fully saturated rings. The largest absolute Gasteiger partial charge is 0.355 e. The van der Waals surface area contributed by atoms with Crippen LogP contribution in [0.5, 0.6) is 0 Å². The summed E-state index contributed by atoms with van der Waals surface area (Å²) in [7, 11) is 0. The average Bonchev–Trinajstić information content (AvgIpc) is 2.31. The van der Waals surface area contributed by atoms with Crippen molar-refractivity contribution in [1.82, 2.24) is 10.6 Å². The molecule has 0 radical (unpaired) electrons. The van der Waals surface area contributed by atoms with Gasteiger partial charge >= 0.3 is 0 Å². The van der Waals surface area contributed by atoms with Crippen molar-refractivity contribution in [2.75, 3.05) is 18.1 Å². The van der Waals surface area contributed by atoms with Crippen molar-refractivity contribution in [3.63, 3.8) is 0 Å². The van der Waals surface area contributed by atoms with Crippen molar-refractivity contribution in [3.05, 3.63) is 0 Å². The third-order valence-corrected chi connectivity index (χ3v) is 4.25. The molecule has 0 aromatic heterocycles. The Bertz CT molecular complexity index is 267. The van der Waals surface area contributed by atoms with Crippen LogP contribution in [0.1, 0.15) is 25.7 Å². The van der Waals surface area contributed by atoms with Crippen LogP contribution in [0.2, 0.25) is 0 Å². The zero-order valence-corrected chi connectivity index (χ0v) is 10.1. The van der Waals surface area contributed by atoms with Crippen LogP contribution in [0, 0.1) is 5.92 Å². The number of carbonyl (C=O) groups is 2. The molecule has 1 atom stereocenters. The first kappa shape index (κ1) is 11.8. The highest BCUT2D eigenvalue weighted by atomic mass is 32.2. The van der Waals surface area contributed by atoms with Gasteiger partial charge in [0.05, 0.1) is 5.92 Å². The Morgan fingerprint density at radius 3 is 2.69 bits per heavy atom. The molecule has 2 N–H and O–H groups in total. The molecule has 4 nitrogen and oxygen atoms in total. The lowest BCUT2D eigenvalue weighted by molar-refractivity contribution is -0.129. The van der Waals surface area contributed by atoms with E-state index in [1.54, 1.807) is 0 Å². The van der Waals surface area contributed by atoms with Crippen LogP contribution >= 0.6 is 11.8 Å². The van der Waals surface area contributed by atoms with Gasteiger partial charge in [0.1, 0.15) is 0 Å². The Hall–Kier alpha value is -0.710. The molecule has 2 aliphatic heterocycles. The summed E-state index contributed by atoms with van der Waals surface area (Å²) >= 11 is 1.95. The van der Waals surface area contributed by atoms with Crippen LogP contribution < -0.4 is 10.6 Å². The Balaban J connectivity index is 1.76. The van der Waals surface area contributed by atoms with Gasteiger partial charge < -0.3 is 10.6 Å². The number of thioether (sulfide) groups is 1. The summed E-state index contributed by atoms with van der Waals surface area (Å²) in [5, 5.41) is 5.85. The average molecular weight is 242 g/mol. The lowest BCUT2D eigenvalue weighted by Crippen LogP contribution is -2.46. The van der Waals surface area contributed by atoms with Gasteiger partial charge in [-0.05, 0) is 30.8 Å². The van der Waals surface area contributed by atoms with Crippen molar-refractivity contribution < 1.29 is 9.59 Å². The third-order valence-electron chi connectivity index (χ3n) is 3.20. The van der Waals surface area contributed by atoms with Gasteiger partial charge in [0.15, 0.2) is 0 Å². The van der Waals surface area contributed by atoms with E-state index in [2.05, 4.69) is 10.6 Å². The summed E-state index contributed by atoms with van der Waals surface area (Å²) in [4.78, 5) is 22.9. The monoisotopic (exact) mass is 242 g/mol. The molecule has 5 heteroatoms. The molecule has 2 aliphatic rings. The number of carbonyl (C=O) groups excluding carboxylic acids is 2. The highest BCUT2D eigenvalue weighted by molar-refractivity contribution is 7.99. The minimum atomic E-state index is -0.0210. The molecule has 2 amide bonds. The zero-order chi connectivity index (χ0) is 11.4. The molecule has 0 aromatic rings. The van der Waals surface area contributed by atoms with E-state index in [9.17, 15) is 9.59 Å². The highest BCUT2D eigenvalue weighted by Gasteiger charge is 2.26. The van der Waals surface area contributed by atoms with Crippen LogP contribution in [0.4, 0.5) is 0 Å². The quantitative estimate of drug-likeness (QED) is 0.742. The van der Waals surface area contributed by atoms with Gasteiger partial charge in [-0.3, -0.25) is 9.59 Å². The molecule has 2 heterocycles. The number of hydrogen-bond acceptors (Lipinski definition) is 3. The fourth-order valence-electron chi connectivity index (χ4n) is 2.12. The van der Waals surface area contributed by atoms with Crippen LogP contribution in [0.15, 0.2) is 0 Å². The van der Waals surface area contributed by atoms with Gasteiger partial charge in [-0.2, -0.15) is 11.8 Å². The molecule has 0 saturated carbocycles. The van der Waals surface area contributed by atoms with E-state index in [4.69, 9.17) is 0 Å². The van der Waals surface area contributed by atoms with Crippen LogP contribution in [0.3, 0.4) is 0 Å². The van der Waals surface area contributed by atoms with Gasteiger partial charge in [-0.25, -0.2) is 0 Å². The van der Waals surface area contributed by atoms with Crippen LogP contribution in [-0.2, 0) is 9.59 Å². The normalized spacial score (nSPS) is 27.2. The van der Waals surface area contributed by atoms with E-state index in [1.807, 2.05) is 11.8 Å². The lowest BCUT2D eigenvalue weighted by atomic mass is 9.97. The molecule has 0 aromatic carbocycles. The predicted octanol–water partition coefficient (Wildman–Crippen LogP) is 0.524. The molecule has 1 unspecified atom stereocenters.